The van der Waals surface area contributed by atoms with Crippen LogP contribution < -0.4 is 4.90 Å². The summed E-state index contributed by atoms with van der Waals surface area (Å²) in [7, 11) is 5.28. The summed E-state index contributed by atoms with van der Waals surface area (Å²) in [6.45, 7) is 17.5. The Labute approximate surface area is 262 Å². The van der Waals surface area contributed by atoms with Gasteiger partial charge in [0.25, 0.3) is 0 Å². The zero-order valence-electron chi connectivity index (χ0n) is 28.1. The number of anilines is 3. The maximum absolute atomic E-state index is 2.88. The lowest BCUT2D eigenvalue weighted by atomic mass is 9.76. The van der Waals surface area contributed by atoms with Crippen molar-refractivity contribution >= 4 is 30.9 Å². The predicted molar refractivity (Wildman–Crippen MR) is 187 cm³/mol. The van der Waals surface area contributed by atoms with Crippen molar-refractivity contribution in [1.29, 1.82) is 0 Å². The first-order valence-electron chi connectivity index (χ1n) is 16.2. The summed E-state index contributed by atoms with van der Waals surface area (Å²) in [4.78, 5) is 2.39. The monoisotopic (exact) mass is 590 g/mol. The second-order valence-electron chi connectivity index (χ2n) is 16.0. The fourth-order valence-electron chi connectivity index (χ4n) is 9.54. The highest BCUT2D eigenvalue weighted by Gasteiger charge is 2.56. The molecule has 226 valence electrons. The van der Waals surface area contributed by atoms with Crippen LogP contribution in [0, 0.1) is 11.8 Å². The van der Waals surface area contributed by atoms with Crippen molar-refractivity contribution in [3.8, 4) is 0 Å². The zero-order valence-corrected chi connectivity index (χ0v) is 29.1. The third-order valence-electron chi connectivity index (χ3n) is 10.4. The smallest absolute Gasteiger partial charge is 0.191 e. The Bertz CT molecular complexity index is 1500. The van der Waals surface area contributed by atoms with Crippen molar-refractivity contribution < 1.29 is 4.59 Å². The number of allylic oxidation sites excluding steroid dienone is 4. The number of quaternary nitrogens is 1. The topological polar surface area (TPSA) is 6.48 Å². The summed E-state index contributed by atoms with van der Waals surface area (Å²) in [5, 5.41) is 0. The van der Waals surface area contributed by atoms with Crippen LogP contribution >= 0.6 is 0 Å². The molecule has 0 bridgehead atoms. The van der Waals surface area contributed by atoms with Crippen molar-refractivity contribution in [2.75, 3.05) is 26.0 Å². The summed E-state index contributed by atoms with van der Waals surface area (Å²) in [6.07, 6.45) is 8.09. The molecule has 0 N–H and O–H groups in total. The highest BCUT2D eigenvalue weighted by molar-refractivity contribution is 6.76. The van der Waals surface area contributed by atoms with Gasteiger partial charge in [-0.1, -0.05) is 88.0 Å². The van der Waals surface area contributed by atoms with E-state index < -0.39 is 8.24 Å². The van der Waals surface area contributed by atoms with Gasteiger partial charge in [0.2, 0.25) is 0 Å². The van der Waals surface area contributed by atoms with Crippen molar-refractivity contribution in [2.45, 2.75) is 77.0 Å². The van der Waals surface area contributed by atoms with Crippen LogP contribution in [0.25, 0.3) is 5.57 Å². The molecule has 3 aromatic rings. The Morgan fingerprint density at radius 1 is 0.767 bits per heavy atom. The largest absolute Gasteiger partial charge is 0.310 e. The van der Waals surface area contributed by atoms with Crippen LogP contribution in [0.5, 0.6) is 0 Å². The fraction of sp³-hybridized carbons (Fsp3) is 0.436. The minimum atomic E-state index is -1.82. The molecular formula is C39H52N3Si+. The SMILES string of the molecule is CC1(C)C2=CC3C(C=C2c2ccc(N(c4ccccc4)c4ccccc4)cc21)CCC3[Si](C)(C)N(C(C)(C)C)[N+](C)(C)C. The first-order valence-corrected chi connectivity index (χ1v) is 19.3. The Morgan fingerprint density at radius 2 is 1.35 bits per heavy atom. The molecule has 0 spiro atoms. The second kappa shape index (κ2) is 10.3. The van der Waals surface area contributed by atoms with Crippen LogP contribution in [-0.4, -0.2) is 44.2 Å². The van der Waals surface area contributed by atoms with Gasteiger partial charge in [0.15, 0.2) is 8.24 Å². The lowest BCUT2D eigenvalue weighted by Crippen LogP contribution is -2.71. The number of benzene rings is 3. The number of nitrogens with zero attached hydrogens (tertiary/aromatic N) is 3. The van der Waals surface area contributed by atoms with E-state index in [1.54, 1.807) is 5.57 Å². The number of rotatable bonds is 6. The summed E-state index contributed by atoms with van der Waals surface area (Å²) in [5.41, 5.74) is 10.4. The quantitative estimate of drug-likeness (QED) is 0.160. The lowest BCUT2D eigenvalue weighted by molar-refractivity contribution is -0.978. The van der Waals surface area contributed by atoms with Gasteiger partial charge in [-0.05, 0) is 103 Å². The zero-order chi connectivity index (χ0) is 30.9. The van der Waals surface area contributed by atoms with Crippen LogP contribution in [0.4, 0.5) is 17.1 Å². The first-order chi connectivity index (χ1) is 20.1. The van der Waals surface area contributed by atoms with E-state index in [2.05, 4.69) is 169 Å². The summed E-state index contributed by atoms with van der Waals surface area (Å²) >= 11 is 0. The number of hydrogen-bond acceptors (Lipinski definition) is 2. The summed E-state index contributed by atoms with van der Waals surface area (Å²) in [6, 6.07) is 28.8. The molecule has 43 heavy (non-hydrogen) atoms. The average molecular weight is 591 g/mol. The molecule has 3 aromatic carbocycles. The molecule has 4 heteroatoms. The molecule has 3 atom stereocenters. The van der Waals surface area contributed by atoms with Crippen LogP contribution in [-0.2, 0) is 5.41 Å². The van der Waals surface area contributed by atoms with Gasteiger partial charge < -0.3 is 4.90 Å². The molecule has 1 fully saturated rings. The van der Waals surface area contributed by atoms with Crippen molar-refractivity contribution in [2.24, 2.45) is 11.8 Å². The van der Waals surface area contributed by atoms with E-state index in [9.17, 15) is 0 Å². The molecule has 3 unspecified atom stereocenters. The first kappa shape index (κ1) is 30.1. The van der Waals surface area contributed by atoms with Gasteiger partial charge in [-0.15, -0.1) is 0 Å². The molecule has 0 radical (unpaired) electrons. The lowest BCUT2D eigenvalue weighted by Gasteiger charge is -2.55. The molecule has 0 saturated heterocycles. The van der Waals surface area contributed by atoms with E-state index in [0.717, 1.165) is 10.1 Å². The van der Waals surface area contributed by atoms with E-state index >= 15 is 0 Å². The van der Waals surface area contributed by atoms with Gasteiger partial charge in [-0.2, -0.15) is 4.67 Å². The van der Waals surface area contributed by atoms with Gasteiger partial charge >= 0.3 is 0 Å². The Kier molecular flexibility index (Phi) is 7.23. The van der Waals surface area contributed by atoms with E-state index in [1.807, 2.05) is 0 Å². The van der Waals surface area contributed by atoms with Gasteiger partial charge in [0.05, 0.1) is 26.7 Å². The maximum atomic E-state index is 2.88. The van der Waals surface area contributed by atoms with Gasteiger partial charge in [0.1, 0.15) is 0 Å². The van der Waals surface area contributed by atoms with Crippen LogP contribution in [0.3, 0.4) is 0 Å². The third-order valence-corrected chi connectivity index (χ3v) is 15.3. The van der Waals surface area contributed by atoms with E-state index in [1.165, 1.54) is 46.6 Å². The molecule has 0 aromatic heterocycles. The molecular weight excluding hydrogens is 539 g/mol. The molecule has 3 aliphatic rings. The Hall–Kier alpha value is -2.92. The average Bonchev–Trinajstić information content (AvgIpc) is 3.44. The predicted octanol–water partition coefficient (Wildman–Crippen LogP) is 10.1. The highest BCUT2D eigenvalue weighted by atomic mass is 28.3. The van der Waals surface area contributed by atoms with Gasteiger partial charge in [-0.25, -0.2) is 0 Å². The standard InChI is InChI=1S/C39H52N3Si/c1-38(2,3)41(42(6,7)8)43(9,10)37-24-21-28-25-34-32-23-22-31(26-35(32)39(4,5)36(34)27-33(28)37)40(29-17-13-11-14-18-29)30-19-15-12-16-20-30/h11-20,22-23,25-28,33,37H,21,24H2,1-10H3/q+1. The normalized spacial score (nSPS) is 22.9. The molecule has 1 saturated carbocycles. The van der Waals surface area contributed by atoms with Crippen LogP contribution in [0.15, 0.2) is 96.6 Å². The number of hydrogen-bond donors (Lipinski definition) is 0. The van der Waals surface area contributed by atoms with Gasteiger partial charge in [-0.3, -0.25) is 4.59 Å². The molecule has 3 aliphatic carbocycles. The second-order valence-corrected chi connectivity index (χ2v) is 20.5. The number of fused-ring (bicyclic) bond motifs is 4. The van der Waals surface area contributed by atoms with Gasteiger partial charge in [0, 0.05) is 22.5 Å². The minimum Gasteiger partial charge on any atom is -0.310 e. The van der Waals surface area contributed by atoms with E-state index in [-0.39, 0.29) is 11.0 Å². The highest BCUT2D eigenvalue weighted by Crippen LogP contribution is 2.60. The maximum Gasteiger partial charge on any atom is 0.191 e. The minimum absolute atomic E-state index is 0.0379. The van der Waals surface area contributed by atoms with Crippen molar-refractivity contribution in [3.63, 3.8) is 0 Å². The molecule has 0 aliphatic heterocycles. The van der Waals surface area contributed by atoms with Crippen molar-refractivity contribution in [1.82, 2.24) is 4.67 Å². The molecule has 6 rings (SSSR count). The molecule has 0 heterocycles. The van der Waals surface area contributed by atoms with E-state index in [4.69, 9.17) is 0 Å². The third kappa shape index (κ3) is 5.06. The molecule has 0 amide bonds. The Balaban J connectivity index is 1.41. The van der Waals surface area contributed by atoms with Crippen LogP contribution in [0.2, 0.25) is 18.6 Å². The number of para-hydroxylation sites is 2. The van der Waals surface area contributed by atoms with E-state index in [0.29, 0.717) is 11.8 Å². The fourth-order valence-corrected chi connectivity index (χ4v) is 15.3. The van der Waals surface area contributed by atoms with Crippen LogP contribution in [0.1, 0.15) is 58.6 Å². The Morgan fingerprint density at radius 3 is 1.88 bits per heavy atom. The summed E-state index contributed by atoms with van der Waals surface area (Å²) < 4.78 is 3.78. The molecule has 3 nitrogen and oxygen atoms in total. The van der Waals surface area contributed by atoms with Crippen molar-refractivity contribution in [3.05, 3.63) is 108 Å². The summed E-state index contributed by atoms with van der Waals surface area (Å²) in [5.74, 6) is 1.26.